The maximum atomic E-state index is 8.48. The largest absolute Gasteiger partial charge is 0.468 e. The molecule has 0 spiro atoms. The lowest BCUT2D eigenvalue weighted by Gasteiger charge is -2.00. The highest BCUT2D eigenvalue weighted by Gasteiger charge is 2.06. The third-order valence-corrected chi connectivity index (χ3v) is 3.09. The van der Waals surface area contributed by atoms with Crippen molar-refractivity contribution in [3.8, 4) is 0 Å². The van der Waals surface area contributed by atoms with E-state index in [4.69, 9.17) is 15.4 Å². The number of amidine groups is 1. The molecule has 17 heavy (non-hydrogen) atoms. The summed E-state index contributed by atoms with van der Waals surface area (Å²) in [5.74, 6) is 0.769. The molecule has 2 aromatic rings. The molecule has 0 bridgehead atoms. The number of hydrogen-bond acceptors (Lipinski definition) is 6. The van der Waals surface area contributed by atoms with Crippen molar-refractivity contribution in [1.29, 1.82) is 0 Å². The van der Waals surface area contributed by atoms with Crippen molar-refractivity contribution in [1.82, 2.24) is 9.97 Å². The summed E-state index contributed by atoms with van der Waals surface area (Å²) in [5, 5.41) is 12.0. The van der Waals surface area contributed by atoms with Crippen molar-refractivity contribution < 1.29 is 9.62 Å². The number of hydrogen-bond donors (Lipinski definition) is 2. The van der Waals surface area contributed by atoms with Gasteiger partial charge in [0, 0.05) is 0 Å². The third-order valence-electron chi connectivity index (χ3n) is 2.02. The fourth-order valence-corrected chi connectivity index (χ4v) is 1.90. The van der Waals surface area contributed by atoms with Gasteiger partial charge >= 0.3 is 0 Å². The van der Waals surface area contributed by atoms with E-state index in [-0.39, 0.29) is 5.84 Å². The van der Waals surface area contributed by atoms with Gasteiger partial charge in [-0.3, -0.25) is 0 Å². The maximum absolute atomic E-state index is 8.48. The number of aryl methyl sites for hydroxylation is 1. The average molecular weight is 250 g/mol. The fourth-order valence-electron chi connectivity index (χ4n) is 1.14. The van der Waals surface area contributed by atoms with E-state index >= 15 is 0 Å². The summed E-state index contributed by atoms with van der Waals surface area (Å²) in [5.41, 5.74) is 5.71. The molecule has 0 atom stereocenters. The fraction of sp³-hybridized carbons (Fsp3) is 0.100. The molecular weight excluding hydrogens is 240 g/mol. The van der Waals surface area contributed by atoms with Crippen molar-refractivity contribution in [3.05, 3.63) is 36.2 Å². The molecule has 3 N–H and O–H groups in total. The van der Waals surface area contributed by atoms with E-state index in [1.54, 1.807) is 12.5 Å². The first-order valence-corrected chi connectivity index (χ1v) is 5.54. The van der Waals surface area contributed by atoms with Crippen LogP contribution in [-0.2, 0) is 0 Å². The molecule has 2 aromatic heterocycles. The molecule has 0 unspecified atom stereocenters. The van der Waals surface area contributed by atoms with Crippen LogP contribution < -0.4 is 5.73 Å². The van der Waals surface area contributed by atoms with Crippen LogP contribution in [0.25, 0.3) is 0 Å². The van der Waals surface area contributed by atoms with Crippen molar-refractivity contribution >= 4 is 17.6 Å². The van der Waals surface area contributed by atoms with E-state index in [2.05, 4.69) is 15.1 Å². The Morgan fingerprint density at radius 1 is 1.47 bits per heavy atom. The lowest BCUT2D eigenvalue weighted by atomic mass is 10.4. The minimum Gasteiger partial charge on any atom is -0.468 e. The molecule has 0 aliphatic rings. The molecule has 6 nitrogen and oxygen atoms in total. The van der Waals surface area contributed by atoms with Crippen LogP contribution in [0.2, 0.25) is 0 Å². The first kappa shape index (κ1) is 11.5. The highest BCUT2D eigenvalue weighted by atomic mass is 32.2. The van der Waals surface area contributed by atoms with Gasteiger partial charge in [-0.05, 0) is 13.0 Å². The number of oxime groups is 1. The second kappa shape index (κ2) is 4.88. The van der Waals surface area contributed by atoms with Crippen LogP contribution in [0.15, 0.2) is 44.2 Å². The van der Waals surface area contributed by atoms with Gasteiger partial charge in [0.25, 0.3) is 0 Å². The van der Waals surface area contributed by atoms with Crippen molar-refractivity contribution in [2.75, 3.05) is 0 Å². The summed E-state index contributed by atoms with van der Waals surface area (Å²) in [6.07, 6.45) is 4.63. The van der Waals surface area contributed by atoms with Gasteiger partial charge in [0.15, 0.2) is 5.84 Å². The molecule has 88 valence electrons. The lowest BCUT2D eigenvalue weighted by molar-refractivity contribution is 0.318. The van der Waals surface area contributed by atoms with E-state index in [1.165, 1.54) is 18.0 Å². The summed E-state index contributed by atoms with van der Waals surface area (Å²) >= 11 is 1.44. The molecule has 0 aliphatic carbocycles. The van der Waals surface area contributed by atoms with E-state index in [0.717, 1.165) is 10.7 Å². The number of rotatable bonds is 3. The van der Waals surface area contributed by atoms with Gasteiger partial charge < -0.3 is 15.4 Å². The molecule has 0 saturated carbocycles. The zero-order chi connectivity index (χ0) is 12.3. The average Bonchev–Trinajstić information content (AvgIpc) is 2.75. The van der Waals surface area contributed by atoms with E-state index < -0.39 is 0 Å². The zero-order valence-corrected chi connectivity index (χ0v) is 9.81. The molecule has 0 radical (unpaired) electrons. The third kappa shape index (κ3) is 2.56. The summed E-state index contributed by atoms with van der Waals surface area (Å²) in [6, 6.07) is 1.86. The molecule has 0 saturated heterocycles. The van der Waals surface area contributed by atoms with Crippen LogP contribution in [-0.4, -0.2) is 21.0 Å². The Balaban J connectivity index is 2.17. The van der Waals surface area contributed by atoms with Gasteiger partial charge in [-0.1, -0.05) is 16.9 Å². The van der Waals surface area contributed by atoms with E-state index in [0.29, 0.717) is 10.7 Å². The van der Waals surface area contributed by atoms with Crippen LogP contribution in [0.4, 0.5) is 0 Å². The molecule has 2 rings (SSSR count). The van der Waals surface area contributed by atoms with Gasteiger partial charge in [0.2, 0.25) is 0 Å². The summed E-state index contributed by atoms with van der Waals surface area (Å²) in [6.45, 7) is 1.88. The van der Waals surface area contributed by atoms with Crippen molar-refractivity contribution in [2.45, 2.75) is 16.8 Å². The minimum absolute atomic E-state index is 0.0615. The second-order valence-electron chi connectivity index (χ2n) is 3.17. The van der Waals surface area contributed by atoms with Crippen molar-refractivity contribution in [2.24, 2.45) is 10.9 Å². The Morgan fingerprint density at radius 3 is 2.82 bits per heavy atom. The van der Waals surface area contributed by atoms with Crippen LogP contribution in [0.1, 0.15) is 11.5 Å². The molecular formula is C10H10N4O2S. The Morgan fingerprint density at radius 2 is 2.29 bits per heavy atom. The number of furan rings is 1. The summed E-state index contributed by atoms with van der Waals surface area (Å²) < 4.78 is 5.17. The van der Waals surface area contributed by atoms with Gasteiger partial charge in [0.05, 0.1) is 23.6 Å². The highest BCUT2D eigenvalue weighted by Crippen LogP contribution is 2.28. The predicted octanol–water partition coefficient (Wildman–Crippen LogP) is 1.62. The van der Waals surface area contributed by atoms with Gasteiger partial charge in [-0.15, -0.1) is 0 Å². The van der Waals surface area contributed by atoms with Gasteiger partial charge in [0.1, 0.15) is 16.5 Å². The van der Waals surface area contributed by atoms with Crippen LogP contribution >= 0.6 is 11.8 Å². The van der Waals surface area contributed by atoms with E-state index in [1.807, 2.05) is 13.0 Å². The topological polar surface area (TPSA) is 97.5 Å². The molecule has 0 aromatic carbocycles. The first-order valence-electron chi connectivity index (χ1n) is 4.72. The quantitative estimate of drug-likeness (QED) is 0.372. The summed E-state index contributed by atoms with van der Waals surface area (Å²) in [7, 11) is 0. The molecule has 0 aliphatic heterocycles. The van der Waals surface area contributed by atoms with Crippen LogP contribution in [0.5, 0.6) is 0 Å². The summed E-state index contributed by atoms with van der Waals surface area (Å²) in [4.78, 5) is 9.16. The molecule has 7 heteroatoms. The van der Waals surface area contributed by atoms with Gasteiger partial charge in [-0.2, -0.15) is 0 Å². The molecule has 0 fully saturated rings. The predicted molar refractivity (Wildman–Crippen MR) is 62.1 cm³/mol. The highest BCUT2D eigenvalue weighted by molar-refractivity contribution is 7.99. The SMILES string of the molecule is Cc1occc1Sc1cnc(/C(N)=N/O)cn1. The number of nitrogens with zero attached hydrogens (tertiary/aromatic N) is 3. The van der Waals surface area contributed by atoms with Crippen molar-refractivity contribution in [3.63, 3.8) is 0 Å². The van der Waals surface area contributed by atoms with Gasteiger partial charge in [-0.25, -0.2) is 9.97 Å². The number of nitrogens with two attached hydrogens (primary N) is 1. The molecule has 0 amide bonds. The Labute approximate surface area is 102 Å². The Kier molecular flexibility index (Phi) is 3.29. The molecule has 2 heterocycles. The lowest BCUT2D eigenvalue weighted by Crippen LogP contribution is -2.15. The number of aromatic nitrogens is 2. The second-order valence-corrected chi connectivity index (χ2v) is 4.23. The van der Waals surface area contributed by atoms with E-state index in [9.17, 15) is 0 Å². The monoisotopic (exact) mass is 250 g/mol. The van der Waals surface area contributed by atoms with Crippen LogP contribution in [0, 0.1) is 6.92 Å². The minimum atomic E-state index is -0.0615. The smallest absolute Gasteiger partial charge is 0.190 e. The first-order chi connectivity index (χ1) is 8.20. The van der Waals surface area contributed by atoms with Crippen LogP contribution in [0.3, 0.4) is 0 Å². The maximum Gasteiger partial charge on any atom is 0.190 e. The normalized spacial score (nSPS) is 11.7. The standard InChI is InChI=1S/C10H10N4O2S/c1-6-8(2-3-16-6)17-9-5-12-7(4-13-9)10(11)14-15/h2-5,15H,1H3,(H2,11,14). The Bertz CT molecular complexity index is 535. The zero-order valence-electron chi connectivity index (χ0n) is 8.99. The Hall–Kier alpha value is -2.02.